The first kappa shape index (κ1) is 21.2. The van der Waals surface area contributed by atoms with E-state index in [0.29, 0.717) is 40.5 Å². The molecule has 7 nitrogen and oxygen atoms in total. The van der Waals surface area contributed by atoms with E-state index in [-0.39, 0.29) is 11.9 Å². The van der Waals surface area contributed by atoms with Crippen molar-refractivity contribution in [3.05, 3.63) is 24.0 Å². The molecule has 2 saturated heterocycles. The van der Waals surface area contributed by atoms with Crippen molar-refractivity contribution in [2.24, 2.45) is 17.3 Å². The van der Waals surface area contributed by atoms with E-state index in [2.05, 4.69) is 28.5 Å². The van der Waals surface area contributed by atoms with E-state index < -0.39 is 12.1 Å². The van der Waals surface area contributed by atoms with Crippen LogP contribution < -0.4 is 10.5 Å². The smallest absolute Gasteiger partial charge is 0.402 e. The Labute approximate surface area is 190 Å². The van der Waals surface area contributed by atoms with Crippen LogP contribution in [0.2, 0.25) is 0 Å². The number of nitrogens with zero attached hydrogens (tertiary/aromatic N) is 4. The number of ether oxygens (including phenoxy) is 2. The molecule has 2 atom stereocenters. The van der Waals surface area contributed by atoms with Crippen LogP contribution in [0.5, 0.6) is 5.75 Å². The van der Waals surface area contributed by atoms with Gasteiger partial charge in [0.15, 0.2) is 11.6 Å². The van der Waals surface area contributed by atoms with E-state index in [1.165, 1.54) is 38.2 Å². The van der Waals surface area contributed by atoms with Gasteiger partial charge in [-0.3, -0.25) is 9.58 Å². The van der Waals surface area contributed by atoms with E-state index in [0.717, 1.165) is 18.9 Å². The summed E-state index contributed by atoms with van der Waals surface area (Å²) in [6.45, 7) is 8.31. The highest BCUT2D eigenvalue weighted by atomic mass is 19.4. The predicted octanol–water partition coefficient (Wildman–Crippen LogP) is 3.83. The molecule has 0 amide bonds. The highest BCUT2D eigenvalue weighted by molar-refractivity contribution is 5.64. The number of anilines is 1. The minimum atomic E-state index is -4.83. The van der Waals surface area contributed by atoms with Crippen LogP contribution in [0.25, 0.3) is 11.3 Å². The molecule has 33 heavy (non-hydrogen) atoms. The van der Waals surface area contributed by atoms with Crippen LogP contribution in [0.4, 0.5) is 19.0 Å². The zero-order valence-corrected chi connectivity index (χ0v) is 18.7. The zero-order valence-electron chi connectivity index (χ0n) is 18.7. The van der Waals surface area contributed by atoms with Gasteiger partial charge in [-0.05, 0) is 50.7 Å². The molecule has 4 fully saturated rings. The lowest BCUT2D eigenvalue weighted by atomic mass is 9.76. The average Bonchev–Trinajstić information content (AvgIpc) is 3.03. The van der Waals surface area contributed by atoms with Crippen molar-refractivity contribution in [1.29, 1.82) is 0 Å². The van der Waals surface area contributed by atoms with Crippen molar-refractivity contribution in [2.75, 3.05) is 32.0 Å². The maximum Gasteiger partial charge on any atom is 0.573 e. The van der Waals surface area contributed by atoms with Gasteiger partial charge < -0.3 is 15.2 Å². The molecule has 178 valence electrons. The minimum absolute atomic E-state index is 0.146. The molecular formula is C23H28F3N5O2. The molecule has 2 aliphatic carbocycles. The lowest BCUT2D eigenvalue weighted by Crippen LogP contribution is -2.67. The molecule has 4 heterocycles. The summed E-state index contributed by atoms with van der Waals surface area (Å²) in [6, 6.07) is 4.08. The normalized spacial score (nSPS) is 30.2. The Balaban J connectivity index is 1.19. The van der Waals surface area contributed by atoms with Crippen LogP contribution >= 0.6 is 0 Å². The second kappa shape index (κ2) is 7.09. The molecule has 6 rings (SSSR count). The topological polar surface area (TPSA) is 78.4 Å². The summed E-state index contributed by atoms with van der Waals surface area (Å²) in [4.78, 5) is 6.52. The van der Waals surface area contributed by atoms with Gasteiger partial charge in [0.1, 0.15) is 0 Å². The van der Waals surface area contributed by atoms with Gasteiger partial charge in [-0.25, -0.2) is 4.98 Å². The van der Waals surface area contributed by atoms with Crippen molar-refractivity contribution < 1.29 is 22.6 Å². The fourth-order valence-corrected chi connectivity index (χ4v) is 6.21. The first-order valence-electron chi connectivity index (χ1n) is 11.6. The lowest BCUT2D eigenvalue weighted by Gasteiger charge is -2.57. The van der Waals surface area contributed by atoms with E-state index in [4.69, 9.17) is 15.6 Å². The standard InChI is InChI=1S/C23H28F3N5O2/c1-12(2)31-18(6-17(29-31)13-3-19(21(27)28-7-13)33-23(24,25)26)20-15-4-14(5-16(15)20)30-8-22(9-30)10-32-11-22/h3,6-7,12,14-16,20H,4-5,8-11H2,1-2H3,(H2,27,28). The number of halogens is 3. The summed E-state index contributed by atoms with van der Waals surface area (Å²) in [5.74, 6) is 0.958. The Kier molecular flexibility index (Phi) is 4.56. The summed E-state index contributed by atoms with van der Waals surface area (Å²) in [5, 5.41) is 4.73. The van der Waals surface area contributed by atoms with Gasteiger partial charge >= 0.3 is 6.36 Å². The monoisotopic (exact) mass is 463 g/mol. The van der Waals surface area contributed by atoms with E-state index in [1.807, 2.05) is 10.7 Å². The summed E-state index contributed by atoms with van der Waals surface area (Å²) >= 11 is 0. The van der Waals surface area contributed by atoms with Gasteiger partial charge in [0, 0.05) is 54.0 Å². The van der Waals surface area contributed by atoms with Crippen molar-refractivity contribution in [1.82, 2.24) is 19.7 Å². The fourth-order valence-electron chi connectivity index (χ4n) is 6.21. The number of nitrogens with two attached hydrogens (primary N) is 1. The van der Waals surface area contributed by atoms with Crippen LogP contribution in [0.15, 0.2) is 18.3 Å². The quantitative estimate of drug-likeness (QED) is 0.726. The molecule has 4 aliphatic rings. The van der Waals surface area contributed by atoms with Crippen LogP contribution in [-0.4, -0.2) is 58.4 Å². The molecule has 0 aromatic carbocycles. The molecule has 2 aliphatic heterocycles. The highest BCUT2D eigenvalue weighted by Crippen LogP contribution is 2.65. The third-order valence-electron chi connectivity index (χ3n) is 7.83. The Bertz CT molecular complexity index is 1060. The summed E-state index contributed by atoms with van der Waals surface area (Å²) in [6.07, 6.45) is -0.973. The number of aromatic nitrogens is 3. The number of nitrogen functional groups attached to an aromatic ring is 1. The molecule has 0 radical (unpaired) electrons. The Morgan fingerprint density at radius 1 is 1.18 bits per heavy atom. The molecular weight excluding hydrogens is 435 g/mol. The number of fused-ring (bicyclic) bond motifs is 1. The Morgan fingerprint density at radius 2 is 1.88 bits per heavy atom. The van der Waals surface area contributed by atoms with Gasteiger partial charge in [0.25, 0.3) is 0 Å². The summed E-state index contributed by atoms with van der Waals surface area (Å²) in [7, 11) is 0. The van der Waals surface area contributed by atoms with Gasteiger partial charge in [-0.2, -0.15) is 5.10 Å². The number of pyridine rings is 1. The molecule has 2 N–H and O–H groups in total. The molecule has 2 aromatic heterocycles. The number of hydrogen-bond acceptors (Lipinski definition) is 6. The Hall–Kier alpha value is -2.33. The molecule has 10 heteroatoms. The molecule has 2 unspecified atom stereocenters. The second-order valence-corrected chi connectivity index (χ2v) is 10.5. The van der Waals surface area contributed by atoms with Crippen molar-refractivity contribution >= 4 is 5.82 Å². The van der Waals surface area contributed by atoms with Crippen LogP contribution in [0, 0.1) is 17.3 Å². The van der Waals surface area contributed by atoms with E-state index >= 15 is 0 Å². The SMILES string of the molecule is CC(C)n1nc(-c2cnc(N)c(OC(F)(F)F)c2)cc1C1C2CC(N3CC4(COC4)C3)CC21. The van der Waals surface area contributed by atoms with Crippen LogP contribution in [0.3, 0.4) is 0 Å². The summed E-state index contributed by atoms with van der Waals surface area (Å²) in [5.41, 5.74) is 8.25. The lowest BCUT2D eigenvalue weighted by molar-refractivity contribution is -0.274. The molecule has 0 bridgehead atoms. The number of rotatable bonds is 5. The average molecular weight is 464 g/mol. The van der Waals surface area contributed by atoms with E-state index in [1.54, 1.807) is 0 Å². The van der Waals surface area contributed by atoms with Crippen LogP contribution in [0.1, 0.15) is 44.3 Å². The number of likely N-dealkylation sites (tertiary alicyclic amines) is 1. The third kappa shape index (κ3) is 3.58. The molecule has 1 spiro atoms. The highest BCUT2D eigenvalue weighted by Gasteiger charge is 2.61. The summed E-state index contributed by atoms with van der Waals surface area (Å²) < 4.78 is 49.6. The number of alkyl halides is 3. The van der Waals surface area contributed by atoms with Crippen molar-refractivity contribution in [2.45, 2.75) is 51.1 Å². The van der Waals surface area contributed by atoms with E-state index in [9.17, 15) is 13.2 Å². The predicted molar refractivity (Wildman–Crippen MR) is 115 cm³/mol. The van der Waals surface area contributed by atoms with Crippen molar-refractivity contribution in [3.63, 3.8) is 0 Å². The maximum atomic E-state index is 12.7. The minimum Gasteiger partial charge on any atom is -0.402 e. The van der Waals surface area contributed by atoms with Crippen LogP contribution in [-0.2, 0) is 4.74 Å². The van der Waals surface area contributed by atoms with Gasteiger partial charge in [-0.1, -0.05) is 0 Å². The fraction of sp³-hybridized carbons (Fsp3) is 0.652. The van der Waals surface area contributed by atoms with Gasteiger partial charge in [0.05, 0.1) is 18.9 Å². The largest absolute Gasteiger partial charge is 0.573 e. The Morgan fingerprint density at radius 3 is 2.45 bits per heavy atom. The van der Waals surface area contributed by atoms with Gasteiger partial charge in [-0.15, -0.1) is 13.2 Å². The third-order valence-corrected chi connectivity index (χ3v) is 7.83. The number of hydrogen-bond donors (Lipinski definition) is 1. The molecule has 2 saturated carbocycles. The zero-order chi connectivity index (χ0) is 23.1. The van der Waals surface area contributed by atoms with Crippen molar-refractivity contribution in [3.8, 4) is 17.0 Å². The van der Waals surface area contributed by atoms with Gasteiger partial charge in [0.2, 0.25) is 0 Å². The molecule has 2 aromatic rings. The first-order chi connectivity index (χ1) is 15.6. The maximum absolute atomic E-state index is 12.7. The first-order valence-corrected chi connectivity index (χ1v) is 11.6. The second-order valence-electron chi connectivity index (χ2n) is 10.5.